The van der Waals surface area contributed by atoms with Crippen molar-refractivity contribution in [1.82, 2.24) is 0 Å². The number of carbonyl (C=O) groups is 5. The summed E-state index contributed by atoms with van der Waals surface area (Å²) in [4.78, 5) is 72.7. The quantitative estimate of drug-likeness (QED) is 0.337. The standard InChI is InChI=1S/C33H34N2O8/c1-6-41-20-13-9-18(10-14-20)34-28(36)23-22-17(4)25(32(40)43-8-3)33(5,26(23)30(34)38)27-24(22)29(37)35(31(27)39)19-11-15-21(16-12-19)42-7-2/h9-16,22-24,26-27H,6-8H2,1-5H3/t22?,23-,24-,26-,27+,33?/m0/s1. The predicted molar refractivity (Wildman–Crippen MR) is 155 cm³/mol. The van der Waals surface area contributed by atoms with Crippen molar-refractivity contribution in [3.8, 4) is 11.5 Å². The fourth-order valence-electron chi connectivity index (χ4n) is 8.03. The third-order valence-electron chi connectivity index (χ3n) is 9.49. The third-order valence-corrected chi connectivity index (χ3v) is 9.49. The summed E-state index contributed by atoms with van der Waals surface area (Å²) < 4.78 is 16.5. The molecule has 5 aliphatic rings. The molecule has 43 heavy (non-hydrogen) atoms. The summed E-state index contributed by atoms with van der Waals surface area (Å²) in [6.45, 7) is 9.80. The van der Waals surface area contributed by atoms with E-state index >= 15 is 0 Å². The van der Waals surface area contributed by atoms with E-state index in [1.165, 1.54) is 0 Å². The maximum Gasteiger partial charge on any atom is 0.334 e. The number of hydrogen-bond acceptors (Lipinski definition) is 8. The van der Waals surface area contributed by atoms with Crippen molar-refractivity contribution in [2.24, 2.45) is 35.0 Å². The summed E-state index contributed by atoms with van der Waals surface area (Å²) in [7, 11) is 0. The Labute approximate surface area is 249 Å². The van der Waals surface area contributed by atoms with Crippen molar-refractivity contribution >= 4 is 41.0 Å². The van der Waals surface area contributed by atoms with Crippen molar-refractivity contribution in [2.45, 2.75) is 34.6 Å². The van der Waals surface area contributed by atoms with Crippen LogP contribution in [0.1, 0.15) is 34.6 Å². The Morgan fingerprint density at radius 2 is 1.09 bits per heavy atom. The topological polar surface area (TPSA) is 120 Å². The fourth-order valence-corrected chi connectivity index (χ4v) is 8.03. The van der Waals surface area contributed by atoms with Crippen LogP contribution < -0.4 is 19.3 Å². The largest absolute Gasteiger partial charge is 0.494 e. The van der Waals surface area contributed by atoms with Crippen molar-refractivity contribution in [1.29, 1.82) is 0 Å². The fraction of sp³-hybridized carbons (Fsp3) is 0.424. The van der Waals surface area contributed by atoms with Crippen molar-refractivity contribution in [2.75, 3.05) is 29.6 Å². The van der Waals surface area contributed by atoms with Gasteiger partial charge in [0.25, 0.3) is 0 Å². The molecule has 10 nitrogen and oxygen atoms in total. The number of ether oxygens (including phenoxy) is 3. The summed E-state index contributed by atoms with van der Waals surface area (Å²) >= 11 is 0. The van der Waals surface area contributed by atoms with Crippen LogP contribution in [-0.2, 0) is 28.7 Å². The molecule has 2 aliphatic heterocycles. The molecule has 3 aliphatic carbocycles. The van der Waals surface area contributed by atoms with E-state index in [1.54, 1.807) is 69.3 Å². The normalized spacial score (nSPS) is 29.3. The average molecular weight is 587 g/mol. The maximum absolute atomic E-state index is 14.3. The first kappa shape index (κ1) is 28.6. The molecule has 7 rings (SSSR count). The van der Waals surface area contributed by atoms with Gasteiger partial charge in [-0.3, -0.25) is 29.0 Å². The molecule has 224 valence electrons. The number of rotatable bonds is 8. The minimum atomic E-state index is -1.46. The van der Waals surface area contributed by atoms with Crippen LogP contribution in [0, 0.1) is 35.0 Å². The predicted octanol–water partition coefficient (Wildman–Crippen LogP) is 3.92. The highest BCUT2D eigenvalue weighted by Crippen LogP contribution is 2.68. The molecule has 2 unspecified atom stereocenters. The number of imide groups is 2. The van der Waals surface area contributed by atoms with Crippen LogP contribution in [0.4, 0.5) is 11.4 Å². The van der Waals surface area contributed by atoms with Gasteiger partial charge in [-0.05, 0) is 76.2 Å². The van der Waals surface area contributed by atoms with Gasteiger partial charge in [0.15, 0.2) is 0 Å². The molecule has 2 heterocycles. The van der Waals surface area contributed by atoms with E-state index in [0.29, 0.717) is 41.7 Å². The third kappa shape index (κ3) is 3.88. The van der Waals surface area contributed by atoms with Gasteiger partial charge in [-0.25, -0.2) is 4.79 Å². The molecule has 0 spiro atoms. The molecule has 10 heteroatoms. The smallest absolute Gasteiger partial charge is 0.334 e. The lowest BCUT2D eigenvalue weighted by molar-refractivity contribution is -0.155. The van der Waals surface area contributed by atoms with E-state index in [2.05, 4.69) is 0 Å². The van der Waals surface area contributed by atoms with Crippen LogP contribution in [0.15, 0.2) is 59.7 Å². The molecule has 2 aromatic carbocycles. The van der Waals surface area contributed by atoms with Gasteiger partial charge in [-0.1, -0.05) is 12.5 Å². The molecule has 4 amide bonds. The lowest BCUT2D eigenvalue weighted by Gasteiger charge is -2.55. The van der Waals surface area contributed by atoms with Crippen LogP contribution in [-0.4, -0.2) is 49.4 Å². The van der Waals surface area contributed by atoms with E-state index in [1.807, 2.05) is 13.8 Å². The Balaban J connectivity index is 1.47. The molecule has 1 saturated carbocycles. The van der Waals surface area contributed by atoms with Crippen molar-refractivity contribution < 1.29 is 38.2 Å². The molecular formula is C33H34N2O8. The average Bonchev–Trinajstić information content (AvgIpc) is 3.40. The lowest BCUT2D eigenvalue weighted by atomic mass is 9.43. The Bertz CT molecular complexity index is 1470. The number of amides is 4. The lowest BCUT2D eigenvalue weighted by Crippen LogP contribution is -2.61. The summed E-state index contributed by atoms with van der Waals surface area (Å²) in [6.07, 6.45) is 0. The molecule has 3 fully saturated rings. The molecular weight excluding hydrogens is 552 g/mol. The number of hydrogen-bond donors (Lipinski definition) is 0. The first-order valence-corrected chi connectivity index (χ1v) is 14.7. The first-order chi connectivity index (χ1) is 20.6. The summed E-state index contributed by atoms with van der Waals surface area (Å²) in [5.41, 5.74) is 0.00837. The summed E-state index contributed by atoms with van der Waals surface area (Å²) in [6, 6.07) is 13.3. The molecule has 2 saturated heterocycles. The minimum absolute atomic E-state index is 0.0922. The van der Waals surface area contributed by atoms with Crippen LogP contribution in [0.2, 0.25) is 0 Å². The van der Waals surface area contributed by atoms with E-state index in [0.717, 1.165) is 9.80 Å². The van der Waals surface area contributed by atoms with E-state index in [4.69, 9.17) is 14.2 Å². The molecule has 0 radical (unpaired) electrons. The summed E-state index contributed by atoms with van der Waals surface area (Å²) in [5.74, 6) is -6.07. The molecule has 0 N–H and O–H groups in total. The monoisotopic (exact) mass is 586 g/mol. The number of esters is 1. The van der Waals surface area contributed by atoms with Gasteiger partial charge in [0.05, 0.1) is 54.9 Å². The minimum Gasteiger partial charge on any atom is -0.494 e. The van der Waals surface area contributed by atoms with Gasteiger partial charge in [0.2, 0.25) is 23.6 Å². The maximum atomic E-state index is 14.3. The molecule has 2 aromatic rings. The van der Waals surface area contributed by atoms with Crippen LogP contribution in [0.25, 0.3) is 0 Å². The summed E-state index contributed by atoms with van der Waals surface area (Å²) in [5, 5.41) is 0. The highest BCUT2D eigenvalue weighted by Gasteiger charge is 2.77. The Hall–Kier alpha value is -4.47. The van der Waals surface area contributed by atoms with Gasteiger partial charge in [0.1, 0.15) is 11.5 Å². The van der Waals surface area contributed by atoms with E-state index in [-0.39, 0.29) is 12.2 Å². The zero-order valence-electron chi connectivity index (χ0n) is 24.8. The second-order valence-electron chi connectivity index (χ2n) is 11.5. The van der Waals surface area contributed by atoms with Crippen LogP contribution >= 0.6 is 0 Å². The van der Waals surface area contributed by atoms with Crippen LogP contribution in [0.5, 0.6) is 11.5 Å². The Morgan fingerprint density at radius 3 is 1.47 bits per heavy atom. The molecule has 0 aromatic heterocycles. The Kier molecular flexibility index (Phi) is 6.90. The van der Waals surface area contributed by atoms with Gasteiger partial charge < -0.3 is 14.2 Å². The van der Waals surface area contributed by atoms with Gasteiger partial charge in [-0.15, -0.1) is 0 Å². The van der Waals surface area contributed by atoms with Gasteiger partial charge in [-0.2, -0.15) is 0 Å². The number of benzene rings is 2. The second-order valence-corrected chi connectivity index (χ2v) is 11.5. The highest BCUT2D eigenvalue weighted by atomic mass is 16.5. The number of nitrogens with zero attached hydrogens (tertiary/aromatic N) is 2. The number of allylic oxidation sites excluding steroid dienone is 1. The van der Waals surface area contributed by atoms with E-state index in [9.17, 15) is 24.0 Å². The van der Waals surface area contributed by atoms with Gasteiger partial charge in [0, 0.05) is 16.9 Å². The van der Waals surface area contributed by atoms with Gasteiger partial charge >= 0.3 is 5.97 Å². The number of anilines is 2. The number of carbonyl (C=O) groups excluding carboxylic acids is 5. The van der Waals surface area contributed by atoms with E-state index < -0.39 is 64.6 Å². The zero-order valence-corrected chi connectivity index (χ0v) is 24.8. The Morgan fingerprint density at radius 1 is 0.674 bits per heavy atom. The SMILES string of the molecule is CCOC(=O)C1=C(C)C2[C@@H]3C(=O)N(c4ccc(OCC)cc4)C(=O)[C@H]3C1(C)[C@H]1C(=O)N(c3ccc(OCC)cc3)C(=O)[C@@H]21. The van der Waals surface area contributed by atoms with Crippen molar-refractivity contribution in [3.63, 3.8) is 0 Å². The van der Waals surface area contributed by atoms with Crippen LogP contribution in [0.3, 0.4) is 0 Å². The molecule has 2 bridgehead atoms. The first-order valence-electron chi connectivity index (χ1n) is 14.7. The molecule has 6 atom stereocenters. The van der Waals surface area contributed by atoms with Crippen molar-refractivity contribution in [3.05, 3.63) is 59.7 Å². The highest BCUT2D eigenvalue weighted by molar-refractivity contribution is 6.27. The second kappa shape index (κ2) is 10.4. The zero-order chi connectivity index (χ0) is 30.8.